The summed E-state index contributed by atoms with van der Waals surface area (Å²) >= 11 is 7.58. The standard InChI is InChI=1S/C14H12ClN3O2S/c1-2-20-14(19)17-13-12(10-4-3-7-21-10)16-11-6-5-9(15)8-18(11)13/h3-8H,2H2,1H3,(H,17,19). The Labute approximate surface area is 130 Å². The van der Waals surface area contributed by atoms with Gasteiger partial charge in [-0.1, -0.05) is 17.7 Å². The minimum Gasteiger partial charge on any atom is -0.450 e. The number of hydrogen-bond donors (Lipinski definition) is 1. The van der Waals surface area contributed by atoms with Crippen LogP contribution in [0.15, 0.2) is 35.8 Å². The van der Waals surface area contributed by atoms with Gasteiger partial charge in [-0.2, -0.15) is 0 Å². The Morgan fingerprint density at radius 3 is 3.05 bits per heavy atom. The van der Waals surface area contributed by atoms with Gasteiger partial charge in [0, 0.05) is 6.20 Å². The van der Waals surface area contributed by atoms with Gasteiger partial charge < -0.3 is 4.74 Å². The highest BCUT2D eigenvalue weighted by Gasteiger charge is 2.17. The predicted octanol–water partition coefficient (Wildman–Crippen LogP) is 4.28. The van der Waals surface area contributed by atoms with Crippen LogP contribution >= 0.6 is 22.9 Å². The lowest BCUT2D eigenvalue weighted by atomic mass is 10.3. The first-order valence-electron chi connectivity index (χ1n) is 6.34. The summed E-state index contributed by atoms with van der Waals surface area (Å²) in [6, 6.07) is 7.45. The Hall–Kier alpha value is -2.05. The summed E-state index contributed by atoms with van der Waals surface area (Å²) in [6.45, 7) is 2.06. The molecule has 5 nitrogen and oxygen atoms in total. The molecule has 0 atom stereocenters. The van der Waals surface area contributed by atoms with E-state index in [-0.39, 0.29) is 0 Å². The molecule has 0 aliphatic heterocycles. The number of rotatable bonds is 3. The van der Waals surface area contributed by atoms with E-state index >= 15 is 0 Å². The monoisotopic (exact) mass is 321 g/mol. The number of pyridine rings is 1. The molecule has 0 unspecified atom stereocenters. The molecule has 3 heterocycles. The van der Waals surface area contributed by atoms with Gasteiger partial charge in [0.15, 0.2) is 0 Å². The number of nitrogens with one attached hydrogen (secondary N) is 1. The molecule has 108 valence electrons. The summed E-state index contributed by atoms with van der Waals surface area (Å²) < 4.78 is 6.69. The van der Waals surface area contributed by atoms with E-state index in [4.69, 9.17) is 16.3 Å². The van der Waals surface area contributed by atoms with Crippen LogP contribution < -0.4 is 5.32 Å². The third kappa shape index (κ3) is 2.72. The topological polar surface area (TPSA) is 55.6 Å². The molecule has 0 aliphatic rings. The molecule has 0 fully saturated rings. The van der Waals surface area contributed by atoms with Gasteiger partial charge in [-0.3, -0.25) is 9.72 Å². The summed E-state index contributed by atoms with van der Waals surface area (Å²) in [5.74, 6) is 0.549. The zero-order valence-electron chi connectivity index (χ0n) is 11.2. The van der Waals surface area contributed by atoms with Crippen LogP contribution in [0.4, 0.5) is 10.6 Å². The van der Waals surface area contributed by atoms with Crippen LogP contribution in [-0.4, -0.2) is 22.1 Å². The van der Waals surface area contributed by atoms with Gasteiger partial charge in [0.1, 0.15) is 17.2 Å². The molecule has 1 N–H and O–H groups in total. The van der Waals surface area contributed by atoms with Crippen molar-refractivity contribution in [2.45, 2.75) is 6.92 Å². The fourth-order valence-electron chi connectivity index (χ4n) is 1.99. The number of ether oxygens (including phenoxy) is 1. The van der Waals surface area contributed by atoms with Crippen molar-refractivity contribution in [2.24, 2.45) is 0 Å². The van der Waals surface area contributed by atoms with Gasteiger partial charge in [0.05, 0.1) is 16.5 Å². The summed E-state index contributed by atoms with van der Waals surface area (Å²) in [6.07, 6.45) is 1.19. The van der Waals surface area contributed by atoms with Crippen LogP contribution in [-0.2, 0) is 4.74 Å². The first-order valence-corrected chi connectivity index (χ1v) is 7.60. The van der Waals surface area contributed by atoms with Crippen LogP contribution in [0, 0.1) is 0 Å². The van der Waals surface area contributed by atoms with Gasteiger partial charge in [-0.15, -0.1) is 11.3 Å². The minimum absolute atomic E-state index is 0.303. The van der Waals surface area contributed by atoms with Gasteiger partial charge in [-0.05, 0) is 30.5 Å². The fraction of sp³-hybridized carbons (Fsp3) is 0.143. The number of carbonyl (C=O) groups excluding carboxylic acids is 1. The molecule has 0 spiro atoms. The van der Waals surface area contributed by atoms with Gasteiger partial charge >= 0.3 is 6.09 Å². The Morgan fingerprint density at radius 1 is 1.48 bits per heavy atom. The average Bonchev–Trinajstić information content (AvgIpc) is 3.07. The number of halogens is 1. The van der Waals surface area contributed by atoms with Crippen LogP contribution in [0.5, 0.6) is 0 Å². The van der Waals surface area contributed by atoms with Crippen molar-refractivity contribution in [1.82, 2.24) is 9.38 Å². The zero-order valence-corrected chi connectivity index (χ0v) is 12.7. The first kappa shape index (κ1) is 13.9. The average molecular weight is 322 g/mol. The Morgan fingerprint density at radius 2 is 2.33 bits per heavy atom. The Balaban J connectivity index is 2.14. The second-order valence-corrected chi connectivity index (χ2v) is 5.59. The van der Waals surface area contributed by atoms with Crippen molar-refractivity contribution in [1.29, 1.82) is 0 Å². The van der Waals surface area contributed by atoms with Crippen LogP contribution in [0.3, 0.4) is 0 Å². The van der Waals surface area contributed by atoms with E-state index in [0.717, 1.165) is 4.88 Å². The molecule has 3 rings (SSSR count). The van der Waals surface area contributed by atoms with E-state index in [9.17, 15) is 4.79 Å². The van der Waals surface area contributed by atoms with E-state index in [2.05, 4.69) is 10.3 Å². The number of amides is 1. The molecule has 3 aromatic rings. The number of thiophene rings is 1. The molecular formula is C14H12ClN3O2S. The maximum absolute atomic E-state index is 11.8. The van der Waals surface area contributed by atoms with Crippen LogP contribution in [0.1, 0.15) is 6.92 Å². The van der Waals surface area contributed by atoms with E-state index < -0.39 is 6.09 Å². The van der Waals surface area contributed by atoms with Crippen molar-refractivity contribution >= 4 is 40.5 Å². The van der Waals surface area contributed by atoms with E-state index in [1.165, 1.54) is 0 Å². The van der Waals surface area contributed by atoms with Gasteiger partial charge in [0.2, 0.25) is 0 Å². The summed E-state index contributed by atoms with van der Waals surface area (Å²) in [5, 5.41) is 5.26. The maximum atomic E-state index is 11.8. The van der Waals surface area contributed by atoms with Crippen molar-refractivity contribution in [3.05, 3.63) is 40.9 Å². The number of anilines is 1. The lowest BCUT2D eigenvalue weighted by molar-refractivity contribution is 0.168. The second kappa shape index (κ2) is 5.75. The van der Waals surface area contributed by atoms with Crippen molar-refractivity contribution in [2.75, 3.05) is 11.9 Å². The van der Waals surface area contributed by atoms with Crippen molar-refractivity contribution < 1.29 is 9.53 Å². The molecule has 0 aromatic carbocycles. The molecule has 7 heteroatoms. The predicted molar refractivity (Wildman–Crippen MR) is 84.2 cm³/mol. The molecule has 3 aromatic heterocycles. The molecule has 0 saturated carbocycles. The smallest absolute Gasteiger partial charge is 0.412 e. The third-order valence-electron chi connectivity index (χ3n) is 2.83. The summed E-state index contributed by atoms with van der Waals surface area (Å²) in [7, 11) is 0. The number of hydrogen-bond acceptors (Lipinski definition) is 4. The molecule has 0 saturated heterocycles. The minimum atomic E-state index is -0.517. The number of fused-ring (bicyclic) bond motifs is 1. The molecule has 0 aliphatic carbocycles. The Bertz CT molecular complexity index is 783. The van der Waals surface area contributed by atoms with E-state index in [1.807, 2.05) is 17.5 Å². The molecule has 21 heavy (non-hydrogen) atoms. The molecule has 1 amide bonds. The quantitative estimate of drug-likeness (QED) is 0.783. The lowest BCUT2D eigenvalue weighted by Gasteiger charge is -2.07. The molecule has 0 bridgehead atoms. The summed E-state index contributed by atoms with van der Waals surface area (Å²) in [4.78, 5) is 17.3. The van der Waals surface area contributed by atoms with Crippen LogP contribution in [0.2, 0.25) is 5.02 Å². The van der Waals surface area contributed by atoms with E-state index in [0.29, 0.717) is 28.8 Å². The van der Waals surface area contributed by atoms with Crippen molar-refractivity contribution in [3.63, 3.8) is 0 Å². The molecule has 0 radical (unpaired) electrons. The normalized spacial score (nSPS) is 10.8. The van der Waals surface area contributed by atoms with Gasteiger partial charge in [-0.25, -0.2) is 9.78 Å². The number of aromatic nitrogens is 2. The highest BCUT2D eigenvalue weighted by Crippen LogP contribution is 2.32. The third-order valence-corrected chi connectivity index (χ3v) is 3.93. The summed E-state index contributed by atoms with van der Waals surface area (Å²) in [5.41, 5.74) is 1.40. The maximum Gasteiger partial charge on any atom is 0.412 e. The van der Waals surface area contributed by atoms with Crippen molar-refractivity contribution in [3.8, 4) is 10.6 Å². The highest BCUT2D eigenvalue weighted by atomic mass is 35.5. The fourth-order valence-corrected chi connectivity index (χ4v) is 2.86. The largest absolute Gasteiger partial charge is 0.450 e. The lowest BCUT2D eigenvalue weighted by Crippen LogP contribution is -2.15. The molecular weight excluding hydrogens is 310 g/mol. The van der Waals surface area contributed by atoms with Gasteiger partial charge in [0.25, 0.3) is 0 Å². The second-order valence-electron chi connectivity index (χ2n) is 4.21. The Kier molecular flexibility index (Phi) is 3.81. The highest BCUT2D eigenvalue weighted by molar-refractivity contribution is 7.13. The van der Waals surface area contributed by atoms with E-state index in [1.54, 1.807) is 41.0 Å². The number of carbonyl (C=O) groups is 1. The number of nitrogens with zero attached hydrogens (tertiary/aromatic N) is 2. The zero-order chi connectivity index (χ0) is 14.8. The number of imidazole rings is 1. The van der Waals surface area contributed by atoms with Crippen LogP contribution in [0.25, 0.3) is 16.2 Å². The first-order chi connectivity index (χ1) is 10.2. The SMILES string of the molecule is CCOC(=O)Nc1c(-c2cccs2)nc2ccc(Cl)cn12.